The molecular weight excluding hydrogens is 998 g/mol. The second-order valence-electron chi connectivity index (χ2n) is 23.4. The van der Waals surface area contributed by atoms with Gasteiger partial charge in [0, 0.05) is 21.5 Å². The van der Waals surface area contributed by atoms with Crippen LogP contribution in [0.2, 0.25) is 0 Å². The van der Waals surface area contributed by atoms with Gasteiger partial charge in [-0.2, -0.15) is 0 Å². The van der Waals surface area contributed by atoms with Crippen molar-refractivity contribution < 1.29 is 18.9 Å². The van der Waals surface area contributed by atoms with E-state index in [0.717, 1.165) is 134 Å². The zero-order chi connectivity index (χ0) is 56.8. The van der Waals surface area contributed by atoms with Gasteiger partial charge >= 0.3 is 0 Å². The van der Waals surface area contributed by atoms with E-state index in [2.05, 4.69) is 265 Å². The van der Waals surface area contributed by atoms with E-state index in [4.69, 9.17) is 18.9 Å². The highest BCUT2D eigenvalue weighted by molar-refractivity contribution is 7.13. The average Bonchev–Trinajstić information content (AvgIpc) is 1.73. The maximum atomic E-state index is 7.17. The third kappa shape index (κ3) is 8.97. The fourth-order valence-corrected chi connectivity index (χ4v) is 14.0. The molecule has 12 aromatic carbocycles. The third-order valence-electron chi connectivity index (χ3n) is 17.1. The normalized spacial score (nSPS) is 12.1. The highest BCUT2D eigenvalue weighted by atomic mass is 16.5. The fraction of sp³-hybridized carbons (Fsp3) is 0.158. The molecule has 0 aromatic heterocycles. The summed E-state index contributed by atoms with van der Waals surface area (Å²) in [6, 6.07) is 66.9. The molecule has 0 radical (unpaired) electrons. The topological polar surface area (TPSA) is 36.9 Å². The number of benzene rings is 12. The lowest BCUT2D eigenvalue weighted by Gasteiger charge is -2.34. The molecule has 4 nitrogen and oxygen atoms in total. The van der Waals surface area contributed by atoms with Gasteiger partial charge in [-0.05, 0) is 186 Å². The predicted molar refractivity (Wildman–Crippen MR) is 348 cm³/mol. The van der Waals surface area contributed by atoms with Crippen LogP contribution in [0, 0.1) is 83.1 Å². The van der Waals surface area contributed by atoms with Crippen LogP contribution in [-0.4, -0.2) is 13.4 Å². The van der Waals surface area contributed by atoms with Crippen molar-refractivity contribution in [2.24, 2.45) is 0 Å². The van der Waals surface area contributed by atoms with Gasteiger partial charge in [0.25, 0.3) is 0 Å². The number of hydrogen-bond donors (Lipinski definition) is 0. The van der Waals surface area contributed by atoms with Gasteiger partial charge in [-0.1, -0.05) is 201 Å². The molecule has 1 aliphatic heterocycles. The molecule has 12 aromatic rings. The molecule has 0 aliphatic carbocycles. The van der Waals surface area contributed by atoms with Gasteiger partial charge in [-0.15, -0.1) is 0 Å². The Kier molecular flexibility index (Phi) is 13.1. The van der Waals surface area contributed by atoms with Crippen molar-refractivity contribution in [1.29, 1.82) is 0 Å². The number of aryl methyl sites for hydroxylation is 12. The first-order valence-corrected chi connectivity index (χ1v) is 28.8. The SMILES string of the molecule is Cc1cc(C)c(Oc2cccc3c(B4c5ccccc5B(c5c6cccc(Oc7c(C)cc(C)cc7C)c6cc6c(Oc7c(C)cc(C)cc7C)cccc56)c5ccccc54)c4cccc(Oc5c(C)cc(C)cc5C)c4cc23)c(C)c1. The second-order valence-corrected chi connectivity index (χ2v) is 23.4. The van der Waals surface area contributed by atoms with Crippen LogP contribution in [0.15, 0.2) is 182 Å². The summed E-state index contributed by atoms with van der Waals surface area (Å²) >= 11 is 0. The lowest BCUT2D eigenvalue weighted by molar-refractivity contribution is 0.479. The largest absolute Gasteiger partial charge is 0.456 e. The highest BCUT2D eigenvalue weighted by Gasteiger charge is 2.41. The molecule has 400 valence electrons. The van der Waals surface area contributed by atoms with E-state index in [0.29, 0.717) is 0 Å². The average molecular weight is 1060 g/mol. The van der Waals surface area contributed by atoms with E-state index in [9.17, 15) is 0 Å². The number of rotatable bonds is 10. The Hall–Kier alpha value is -8.99. The van der Waals surface area contributed by atoms with Gasteiger partial charge in [0.15, 0.2) is 0 Å². The summed E-state index contributed by atoms with van der Waals surface area (Å²) in [7, 11) is 0. The van der Waals surface area contributed by atoms with E-state index in [1.165, 1.54) is 55.0 Å². The maximum absolute atomic E-state index is 7.17. The molecule has 0 N–H and O–H groups in total. The molecule has 0 fully saturated rings. The lowest BCUT2D eigenvalue weighted by atomic mass is 9.20. The molecule has 1 aliphatic rings. The van der Waals surface area contributed by atoms with Crippen molar-refractivity contribution in [1.82, 2.24) is 0 Å². The first-order chi connectivity index (χ1) is 39.6. The van der Waals surface area contributed by atoms with Crippen LogP contribution in [0.4, 0.5) is 0 Å². The third-order valence-corrected chi connectivity index (χ3v) is 17.1. The van der Waals surface area contributed by atoms with Crippen LogP contribution >= 0.6 is 0 Å². The van der Waals surface area contributed by atoms with Crippen LogP contribution in [0.1, 0.15) is 66.8 Å². The standard InChI is InChI=1S/C76H66B2O4/c1-43-33-47(5)73(48(6)34-43)79-67-29-17-21-55-59(67)41-60-56(22-18-30-68(60)80-74-49(7)35-44(2)36-50(74)8)71(55)77-63-25-13-15-27-65(63)78(66-28-16-14-26-64(66)77)72-57-23-19-31-69(81-75-51(9)37-45(3)38-52(75)10)61(57)42-62-58(72)24-20-32-70(62)82-76-53(11)39-46(4)40-54(76)12/h13-42H,1-12H3. The molecule has 82 heavy (non-hydrogen) atoms. The van der Waals surface area contributed by atoms with Crippen LogP contribution in [0.25, 0.3) is 43.1 Å². The number of fused-ring (bicyclic) bond motifs is 6. The highest BCUT2D eigenvalue weighted by Crippen LogP contribution is 2.43. The van der Waals surface area contributed by atoms with E-state index < -0.39 is 0 Å². The smallest absolute Gasteiger partial charge is 0.241 e. The summed E-state index contributed by atoms with van der Waals surface area (Å²) in [4.78, 5) is 0. The molecule has 0 bridgehead atoms. The van der Waals surface area contributed by atoms with Gasteiger partial charge < -0.3 is 18.9 Å². The monoisotopic (exact) mass is 1060 g/mol. The predicted octanol–water partition coefficient (Wildman–Crippen LogP) is 16.5. The summed E-state index contributed by atoms with van der Waals surface area (Å²) in [5, 5.41) is 8.60. The minimum absolute atomic E-state index is 0.190. The first-order valence-electron chi connectivity index (χ1n) is 28.8. The van der Waals surface area contributed by atoms with E-state index >= 15 is 0 Å². The Balaban J connectivity index is 1.09. The summed E-state index contributed by atoms with van der Waals surface area (Å²) in [6.07, 6.45) is 0. The van der Waals surface area contributed by atoms with Crippen molar-refractivity contribution in [2.75, 3.05) is 0 Å². The number of ether oxygens (including phenoxy) is 4. The van der Waals surface area contributed by atoms with Crippen LogP contribution in [0.5, 0.6) is 46.0 Å². The Bertz CT molecular complexity index is 3960. The molecule has 0 amide bonds. The Morgan fingerprint density at radius 1 is 0.220 bits per heavy atom. The van der Waals surface area contributed by atoms with Crippen LogP contribution in [-0.2, 0) is 0 Å². The Morgan fingerprint density at radius 2 is 0.427 bits per heavy atom. The summed E-state index contributed by atoms with van der Waals surface area (Å²) in [5.74, 6) is 6.71. The molecule has 0 atom stereocenters. The maximum Gasteiger partial charge on any atom is 0.241 e. The summed E-state index contributed by atoms with van der Waals surface area (Å²) < 4.78 is 28.7. The van der Waals surface area contributed by atoms with Gasteiger partial charge in [0.2, 0.25) is 13.4 Å². The van der Waals surface area contributed by atoms with Crippen molar-refractivity contribution in [2.45, 2.75) is 83.1 Å². The van der Waals surface area contributed by atoms with E-state index in [-0.39, 0.29) is 13.4 Å². The summed E-state index contributed by atoms with van der Waals surface area (Å²) in [6.45, 7) is 25.3. The van der Waals surface area contributed by atoms with Crippen molar-refractivity contribution in [3.63, 3.8) is 0 Å². The summed E-state index contributed by atoms with van der Waals surface area (Å²) in [5.41, 5.74) is 21.1. The molecular formula is C76H66B2O4. The van der Waals surface area contributed by atoms with Gasteiger partial charge in [0.05, 0.1) is 0 Å². The molecule has 6 heteroatoms. The number of hydrogen-bond acceptors (Lipinski definition) is 4. The van der Waals surface area contributed by atoms with Crippen LogP contribution in [0.3, 0.4) is 0 Å². The zero-order valence-electron chi connectivity index (χ0n) is 49.1. The molecule has 13 rings (SSSR count). The minimum atomic E-state index is -0.190. The Labute approximate surface area is 483 Å². The zero-order valence-corrected chi connectivity index (χ0v) is 49.1. The molecule has 0 saturated heterocycles. The van der Waals surface area contributed by atoms with E-state index in [1.54, 1.807) is 0 Å². The fourth-order valence-electron chi connectivity index (χ4n) is 14.0. The molecule has 0 saturated carbocycles. The Morgan fingerprint density at radius 3 is 0.634 bits per heavy atom. The van der Waals surface area contributed by atoms with Gasteiger partial charge in [-0.3, -0.25) is 0 Å². The minimum Gasteiger partial charge on any atom is -0.456 e. The molecule has 0 unspecified atom stereocenters. The van der Waals surface area contributed by atoms with Gasteiger partial charge in [-0.25, -0.2) is 0 Å². The first kappa shape index (κ1) is 52.4. The second kappa shape index (κ2) is 20.5. The van der Waals surface area contributed by atoms with Crippen molar-refractivity contribution in [3.05, 3.63) is 249 Å². The van der Waals surface area contributed by atoms with Crippen molar-refractivity contribution in [3.8, 4) is 46.0 Å². The van der Waals surface area contributed by atoms with Gasteiger partial charge in [0.1, 0.15) is 46.0 Å². The van der Waals surface area contributed by atoms with Crippen LogP contribution < -0.4 is 51.7 Å². The lowest BCUT2D eigenvalue weighted by Crippen LogP contribution is -2.75. The molecule has 0 spiro atoms. The quantitative estimate of drug-likeness (QED) is 0.101. The van der Waals surface area contributed by atoms with Crippen molar-refractivity contribution >= 4 is 89.3 Å². The van der Waals surface area contributed by atoms with E-state index in [1.807, 2.05) is 0 Å². The molecule has 1 heterocycles.